The summed E-state index contributed by atoms with van der Waals surface area (Å²) in [6.07, 6.45) is 3.95. The molecule has 0 saturated carbocycles. The summed E-state index contributed by atoms with van der Waals surface area (Å²) in [4.78, 5) is 29.4. The van der Waals surface area contributed by atoms with Crippen molar-refractivity contribution in [1.29, 1.82) is 5.26 Å². The first-order chi connectivity index (χ1) is 14.5. The summed E-state index contributed by atoms with van der Waals surface area (Å²) in [7, 11) is 0. The van der Waals surface area contributed by atoms with Crippen molar-refractivity contribution in [2.75, 3.05) is 6.54 Å². The molecule has 0 bridgehead atoms. The molecule has 30 heavy (non-hydrogen) atoms. The van der Waals surface area contributed by atoms with E-state index >= 15 is 0 Å². The summed E-state index contributed by atoms with van der Waals surface area (Å²) in [5.41, 5.74) is 1.10. The van der Waals surface area contributed by atoms with Crippen LogP contribution in [0.15, 0.2) is 47.3 Å². The molecule has 4 rings (SSSR count). The number of aromatic nitrogens is 4. The second-order valence-electron chi connectivity index (χ2n) is 6.84. The zero-order valence-electron chi connectivity index (χ0n) is 15.7. The summed E-state index contributed by atoms with van der Waals surface area (Å²) in [6.45, 7) is 0.495. The van der Waals surface area contributed by atoms with Gasteiger partial charge >= 0.3 is 12.0 Å². The van der Waals surface area contributed by atoms with Crippen molar-refractivity contribution < 1.29 is 19.1 Å². The number of rotatable bonds is 5. The van der Waals surface area contributed by atoms with Crippen molar-refractivity contribution in [2.45, 2.75) is 25.0 Å². The topological polar surface area (TPSA) is 150 Å². The third-order valence-corrected chi connectivity index (χ3v) is 4.84. The Hall–Kier alpha value is -4.20. The van der Waals surface area contributed by atoms with E-state index in [-0.39, 0.29) is 24.5 Å². The van der Waals surface area contributed by atoms with E-state index in [9.17, 15) is 14.7 Å². The molecule has 0 spiro atoms. The fourth-order valence-corrected chi connectivity index (χ4v) is 3.48. The van der Waals surface area contributed by atoms with E-state index in [2.05, 4.69) is 20.6 Å². The van der Waals surface area contributed by atoms with Gasteiger partial charge in [0.2, 0.25) is 0 Å². The van der Waals surface area contributed by atoms with Crippen LogP contribution in [0.2, 0.25) is 0 Å². The predicted octanol–water partition coefficient (Wildman–Crippen LogP) is 1.36. The molecule has 11 nitrogen and oxygen atoms in total. The Kier molecular flexibility index (Phi) is 5.13. The summed E-state index contributed by atoms with van der Waals surface area (Å²) in [6, 6.07) is 8.07. The molecule has 2 amide bonds. The monoisotopic (exact) mass is 407 g/mol. The van der Waals surface area contributed by atoms with E-state index in [1.54, 1.807) is 35.1 Å². The summed E-state index contributed by atoms with van der Waals surface area (Å²) in [5.74, 6) is -0.303. The highest BCUT2D eigenvalue weighted by molar-refractivity contribution is 5.90. The molecule has 2 atom stereocenters. The maximum Gasteiger partial charge on any atom is 0.407 e. The Balaban J connectivity index is 1.43. The standard InChI is InChI=1S/C19H17N7O4/c20-8-12-2-1-3-13(6-12)16-9-21-18(30-16)17(27)23-14-7-15(26(10-14)19(28)29)11-25-5-4-22-24-25/h1-6,9,14-15H,7,10-11H2,(H,23,27)(H,28,29). The van der Waals surface area contributed by atoms with E-state index < -0.39 is 12.0 Å². The van der Waals surface area contributed by atoms with Gasteiger partial charge in [-0.15, -0.1) is 5.10 Å². The molecule has 1 aliphatic heterocycles. The van der Waals surface area contributed by atoms with Crippen LogP contribution >= 0.6 is 0 Å². The van der Waals surface area contributed by atoms with Crippen LogP contribution in [0, 0.1) is 11.3 Å². The van der Waals surface area contributed by atoms with Crippen molar-refractivity contribution in [1.82, 2.24) is 30.2 Å². The van der Waals surface area contributed by atoms with Gasteiger partial charge in [0, 0.05) is 24.3 Å². The van der Waals surface area contributed by atoms with Crippen LogP contribution in [0.25, 0.3) is 11.3 Å². The quantitative estimate of drug-likeness (QED) is 0.643. The third kappa shape index (κ3) is 3.97. The van der Waals surface area contributed by atoms with Gasteiger partial charge in [-0.25, -0.2) is 9.78 Å². The minimum absolute atomic E-state index is 0.131. The number of nitriles is 1. The van der Waals surface area contributed by atoms with Gasteiger partial charge < -0.3 is 19.7 Å². The lowest BCUT2D eigenvalue weighted by Crippen LogP contribution is -2.39. The molecular formula is C19H17N7O4. The molecular weight excluding hydrogens is 390 g/mol. The first kappa shape index (κ1) is 19.1. The lowest BCUT2D eigenvalue weighted by Gasteiger charge is -2.20. The fraction of sp³-hybridized carbons (Fsp3) is 0.263. The van der Waals surface area contributed by atoms with E-state index in [0.717, 1.165) is 0 Å². The Morgan fingerprint density at radius 2 is 2.27 bits per heavy atom. The maximum absolute atomic E-state index is 12.6. The number of carbonyl (C=O) groups excluding carboxylic acids is 1. The lowest BCUT2D eigenvalue weighted by molar-refractivity contribution is 0.0901. The van der Waals surface area contributed by atoms with E-state index in [4.69, 9.17) is 9.68 Å². The molecule has 2 unspecified atom stereocenters. The molecule has 1 aliphatic rings. The molecule has 3 aromatic rings. The SMILES string of the molecule is N#Cc1cccc(-c2cnc(C(=O)NC3CC(Cn4ccnn4)N(C(=O)O)C3)o2)c1. The van der Waals surface area contributed by atoms with Crippen molar-refractivity contribution in [2.24, 2.45) is 0 Å². The van der Waals surface area contributed by atoms with Crippen molar-refractivity contribution in [3.8, 4) is 17.4 Å². The number of hydrogen-bond acceptors (Lipinski definition) is 7. The summed E-state index contributed by atoms with van der Waals surface area (Å²) >= 11 is 0. The summed E-state index contributed by atoms with van der Waals surface area (Å²) in [5, 5.41) is 28.8. The number of nitrogens with one attached hydrogen (secondary N) is 1. The van der Waals surface area contributed by atoms with Crippen molar-refractivity contribution >= 4 is 12.0 Å². The average molecular weight is 407 g/mol. The number of nitrogens with zero attached hydrogens (tertiary/aromatic N) is 6. The number of oxazole rings is 1. The largest absolute Gasteiger partial charge is 0.465 e. The van der Waals surface area contributed by atoms with Gasteiger partial charge in [-0.3, -0.25) is 9.48 Å². The van der Waals surface area contributed by atoms with Crippen LogP contribution in [0.3, 0.4) is 0 Å². The molecule has 0 radical (unpaired) electrons. The highest BCUT2D eigenvalue weighted by Crippen LogP contribution is 2.23. The van der Waals surface area contributed by atoms with Gasteiger partial charge in [-0.1, -0.05) is 17.3 Å². The first-order valence-corrected chi connectivity index (χ1v) is 9.14. The lowest BCUT2D eigenvalue weighted by atomic mass is 10.1. The zero-order valence-corrected chi connectivity index (χ0v) is 15.7. The Bertz CT molecular complexity index is 1100. The van der Waals surface area contributed by atoms with Crippen molar-refractivity contribution in [3.05, 3.63) is 54.3 Å². The second kappa shape index (κ2) is 8.04. The average Bonchev–Trinajstić information content (AvgIpc) is 3.49. The number of hydrogen-bond donors (Lipinski definition) is 2. The minimum Gasteiger partial charge on any atom is -0.465 e. The molecule has 152 valence electrons. The van der Waals surface area contributed by atoms with Crippen LogP contribution in [0.4, 0.5) is 4.79 Å². The second-order valence-corrected chi connectivity index (χ2v) is 6.84. The molecule has 3 heterocycles. The van der Waals surface area contributed by atoms with Gasteiger partial charge in [-0.05, 0) is 18.6 Å². The van der Waals surface area contributed by atoms with E-state index in [0.29, 0.717) is 29.9 Å². The van der Waals surface area contributed by atoms with Crippen LogP contribution in [-0.2, 0) is 6.54 Å². The van der Waals surface area contributed by atoms with E-state index in [1.807, 2.05) is 6.07 Å². The Morgan fingerprint density at radius 1 is 1.40 bits per heavy atom. The molecule has 0 aliphatic carbocycles. The molecule has 11 heteroatoms. The molecule has 2 aromatic heterocycles. The number of carboxylic acid groups (broad SMARTS) is 1. The van der Waals surface area contributed by atoms with Gasteiger partial charge in [-0.2, -0.15) is 5.26 Å². The Morgan fingerprint density at radius 3 is 3.00 bits per heavy atom. The molecule has 1 aromatic carbocycles. The molecule has 2 N–H and O–H groups in total. The van der Waals surface area contributed by atoms with Crippen LogP contribution in [0.1, 0.15) is 22.7 Å². The maximum atomic E-state index is 12.6. The van der Waals surface area contributed by atoms with Gasteiger partial charge in [0.15, 0.2) is 5.76 Å². The number of likely N-dealkylation sites (tertiary alicyclic amines) is 1. The van der Waals surface area contributed by atoms with Gasteiger partial charge in [0.25, 0.3) is 5.89 Å². The van der Waals surface area contributed by atoms with Crippen LogP contribution in [0.5, 0.6) is 0 Å². The minimum atomic E-state index is -1.06. The normalized spacial score (nSPS) is 18.2. The highest BCUT2D eigenvalue weighted by Gasteiger charge is 2.37. The van der Waals surface area contributed by atoms with Crippen LogP contribution in [-0.4, -0.2) is 60.6 Å². The highest BCUT2D eigenvalue weighted by atomic mass is 16.4. The van der Waals surface area contributed by atoms with Gasteiger partial charge in [0.05, 0.1) is 36.6 Å². The van der Waals surface area contributed by atoms with Crippen molar-refractivity contribution in [3.63, 3.8) is 0 Å². The number of carbonyl (C=O) groups is 2. The molecule has 1 saturated heterocycles. The zero-order chi connectivity index (χ0) is 21.1. The van der Waals surface area contributed by atoms with E-state index in [1.165, 1.54) is 17.3 Å². The summed E-state index contributed by atoms with van der Waals surface area (Å²) < 4.78 is 7.10. The first-order valence-electron chi connectivity index (χ1n) is 9.14. The van der Waals surface area contributed by atoms with Gasteiger partial charge in [0.1, 0.15) is 0 Å². The predicted molar refractivity (Wildman–Crippen MR) is 101 cm³/mol. The molecule has 1 fully saturated rings. The number of benzene rings is 1. The number of amides is 2. The third-order valence-electron chi connectivity index (χ3n) is 4.84. The smallest absolute Gasteiger partial charge is 0.407 e. The fourth-order valence-electron chi connectivity index (χ4n) is 3.48. The Labute approximate surface area is 170 Å². The van der Waals surface area contributed by atoms with Crippen LogP contribution < -0.4 is 5.32 Å².